The predicted molar refractivity (Wildman–Crippen MR) is 89.9 cm³/mol. The standard InChI is InChI=1S/C17H24N4O2/c1-12-10-14(4-5-15(12)21-7-6-18-17(21)23)16(22)20-9-8-19(3)11-13(20)2/h4-5,10,13H,6-9,11H2,1-3H3,(H,18,23)/t13-/m0/s1. The minimum absolute atomic E-state index is 0.0696. The number of likely N-dealkylation sites (N-methyl/N-ethyl adjacent to an activating group) is 1. The van der Waals surface area contributed by atoms with Crippen molar-refractivity contribution in [1.82, 2.24) is 15.1 Å². The summed E-state index contributed by atoms with van der Waals surface area (Å²) in [5.41, 5.74) is 2.53. The number of aryl methyl sites for hydroxylation is 1. The summed E-state index contributed by atoms with van der Waals surface area (Å²) < 4.78 is 0. The van der Waals surface area contributed by atoms with Crippen LogP contribution in [0.2, 0.25) is 0 Å². The third-order valence-corrected chi connectivity index (χ3v) is 4.68. The predicted octanol–water partition coefficient (Wildman–Crippen LogP) is 1.30. The molecule has 2 aliphatic rings. The quantitative estimate of drug-likeness (QED) is 0.895. The molecule has 124 valence electrons. The third-order valence-electron chi connectivity index (χ3n) is 4.68. The van der Waals surface area contributed by atoms with Crippen LogP contribution in [0.1, 0.15) is 22.8 Å². The first-order valence-corrected chi connectivity index (χ1v) is 8.13. The van der Waals surface area contributed by atoms with Crippen LogP contribution in [0.15, 0.2) is 18.2 Å². The second-order valence-electron chi connectivity index (χ2n) is 6.49. The molecular weight excluding hydrogens is 292 g/mol. The normalized spacial score (nSPS) is 22.4. The summed E-state index contributed by atoms with van der Waals surface area (Å²) in [4.78, 5) is 30.5. The van der Waals surface area contributed by atoms with Crippen LogP contribution in [-0.4, -0.2) is 67.6 Å². The van der Waals surface area contributed by atoms with Gasteiger partial charge < -0.3 is 15.1 Å². The lowest BCUT2D eigenvalue weighted by Gasteiger charge is -2.38. The second kappa shape index (κ2) is 6.20. The average Bonchev–Trinajstić information content (AvgIpc) is 2.92. The van der Waals surface area contributed by atoms with Crippen molar-refractivity contribution in [2.24, 2.45) is 0 Å². The smallest absolute Gasteiger partial charge is 0.322 e. The van der Waals surface area contributed by atoms with Gasteiger partial charge >= 0.3 is 6.03 Å². The summed E-state index contributed by atoms with van der Waals surface area (Å²) in [5, 5.41) is 2.80. The molecule has 1 atom stereocenters. The van der Waals surface area contributed by atoms with Gasteiger partial charge in [-0.3, -0.25) is 9.69 Å². The van der Waals surface area contributed by atoms with Crippen molar-refractivity contribution in [1.29, 1.82) is 0 Å². The Labute approximate surface area is 137 Å². The molecule has 6 heteroatoms. The Morgan fingerprint density at radius 1 is 1.26 bits per heavy atom. The summed E-state index contributed by atoms with van der Waals surface area (Å²) in [6.07, 6.45) is 0. The van der Waals surface area contributed by atoms with Gasteiger partial charge in [-0.1, -0.05) is 0 Å². The van der Waals surface area contributed by atoms with Crippen molar-refractivity contribution in [3.8, 4) is 0 Å². The fourth-order valence-corrected chi connectivity index (χ4v) is 3.40. The number of hydrogen-bond acceptors (Lipinski definition) is 3. The van der Waals surface area contributed by atoms with Crippen LogP contribution in [0, 0.1) is 6.92 Å². The lowest BCUT2D eigenvalue weighted by atomic mass is 10.1. The monoisotopic (exact) mass is 316 g/mol. The molecule has 0 unspecified atom stereocenters. The minimum atomic E-state index is -0.0696. The fourth-order valence-electron chi connectivity index (χ4n) is 3.40. The van der Waals surface area contributed by atoms with Gasteiger partial charge in [0.25, 0.3) is 5.91 Å². The largest absolute Gasteiger partial charge is 0.336 e. The van der Waals surface area contributed by atoms with Crippen LogP contribution in [0.25, 0.3) is 0 Å². The maximum Gasteiger partial charge on any atom is 0.322 e. The number of benzene rings is 1. The average molecular weight is 316 g/mol. The van der Waals surface area contributed by atoms with E-state index in [1.54, 1.807) is 4.90 Å². The summed E-state index contributed by atoms with van der Waals surface area (Å²) in [5.74, 6) is 0.0751. The van der Waals surface area contributed by atoms with Gasteiger partial charge in [-0.25, -0.2) is 4.79 Å². The number of urea groups is 1. The molecule has 6 nitrogen and oxygen atoms in total. The van der Waals surface area contributed by atoms with E-state index in [2.05, 4.69) is 24.2 Å². The first-order valence-electron chi connectivity index (χ1n) is 8.13. The number of piperazine rings is 1. The third kappa shape index (κ3) is 3.03. The molecule has 2 aliphatic heterocycles. The van der Waals surface area contributed by atoms with E-state index >= 15 is 0 Å². The molecular formula is C17H24N4O2. The van der Waals surface area contributed by atoms with Crippen molar-refractivity contribution in [2.45, 2.75) is 19.9 Å². The summed E-state index contributed by atoms with van der Waals surface area (Å²) >= 11 is 0. The van der Waals surface area contributed by atoms with Crippen LogP contribution in [0.5, 0.6) is 0 Å². The van der Waals surface area contributed by atoms with Crippen LogP contribution in [0.3, 0.4) is 0 Å². The zero-order valence-corrected chi connectivity index (χ0v) is 14.0. The molecule has 3 amide bonds. The molecule has 3 rings (SSSR count). The highest BCUT2D eigenvalue weighted by atomic mass is 16.2. The zero-order valence-electron chi connectivity index (χ0n) is 14.0. The number of carbonyl (C=O) groups is 2. The molecule has 23 heavy (non-hydrogen) atoms. The zero-order chi connectivity index (χ0) is 16.6. The molecule has 0 aromatic heterocycles. The molecule has 0 aliphatic carbocycles. The van der Waals surface area contributed by atoms with Crippen LogP contribution < -0.4 is 10.2 Å². The van der Waals surface area contributed by atoms with Crippen LogP contribution >= 0.6 is 0 Å². The lowest BCUT2D eigenvalue weighted by Crippen LogP contribution is -2.52. The Morgan fingerprint density at radius 3 is 2.65 bits per heavy atom. The first kappa shape index (κ1) is 15.8. The van der Waals surface area contributed by atoms with Gasteiger partial charge in [0.2, 0.25) is 0 Å². The Kier molecular flexibility index (Phi) is 4.26. The maximum atomic E-state index is 12.8. The summed E-state index contributed by atoms with van der Waals surface area (Å²) in [6, 6.07) is 5.76. The molecule has 2 saturated heterocycles. The Balaban J connectivity index is 1.79. The Morgan fingerprint density at radius 2 is 2.04 bits per heavy atom. The molecule has 0 radical (unpaired) electrons. The number of nitrogens with one attached hydrogen (secondary N) is 1. The van der Waals surface area contributed by atoms with E-state index in [0.717, 1.165) is 30.9 Å². The first-order chi connectivity index (χ1) is 11.0. The molecule has 2 heterocycles. The summed E-state index contributed by atoms with van der Waals surface area (Å²) in [7, 11) is 2.08. The maximum absolute atomic E-state index is 12.8. The second-order valence-corrected chi connectivity index (χ2v) is 6.49. The topological polar surface area (TPSA) is 55.9 Å². The number of hydrogen-bond donors (Lipinski definition) is 1. The number of anilines is 1. The number of amides is 3. The van der Waals surface area contributed by atoms with Crippen molar-refractivity contribution < 1.29 is 9.59 Å². The minimum Gasteiger partial charge on any atom is -0.336 e. The van der Waals surface area contributed by atoms with Gasteiger partial charge in [-0.15, -0.1) is 0 Å². The Bertz CT molecular complexity index is 631. The van der Waals surface area contributed by atoms with Crippen molar-refractivity contribution in [3.63, 3.8) is 0 Å². The van der Waals surface area contributed by atoms with Gasteiger partial charge in [0.05, 0.1) is 0 Å². The van der Waals surface area contributed by atoms with E-state index in [4.69, 9.17) is 0 Å². The molecule has 0 saturated carbocycles. The van der Waals surface area contributed by atoms with E-state index in [9.17, 15) is 9.59 Å². The van der Waals surface area contributed by atoms with Crippen LogP contribution in [-0.2, 0) is 0 Å². The van der Waals surface area contributed by atoms with E-state index in [0.29, 0.717) is 18.7 Å². The van der Waals surface area contributed by atoms with E-state index in [1.165, 1.54) is 0 Å². The summed E-state index contributed by atoms with van der Waals surface area (Å²) in [6.45, 7) is 7.93. The molecule has 1 aromatic rings. The van der Waals surface area contributed by atoms with Crippen molar-refractivity contribution >= 4 is 17.6 Å². The van der Waals surface area contributed by atoms with Gasteiger partial charge in [-0.2, -0.15) is 0 Å². The highest BCUT2D eigenvalue weighted by Gasteiger charge is 2.28. The Hall–Kier alpha value is -2.08. The molecule has 2 fully saturated rings. The van der Waals surface area contributed by atoms with Gasteiger partial charge in [0, 0.05) is 50.0 Å². The number of nitrogens with zero attached hydrogens (tertiary/aromatic N) is 3. The van der Waals surface area contributed by atoms with Crippen molar-refractivity contribution in [2.75, 3.05) is 44.7 Å². The van der Waals surface area contributed by atoms with Gasteiger partial charge in [0.1, 0.15) is 0 Å². The molecule has 0 bridgehead atoms. The number of rotatable bonds is 2. The SMILES string of the molecule is Cc1cc(C(=O)N2CCN(C)C[C@@H]2C)ccc1N1CCNC1=O. The van der Waals surface area contributed by atoms with E-state index in [1.807, 2.05) is 30.0 Å². The van der Waals surface area contributed by atoms with E-state index < -0.39 is 0 Å². The van der Waals surface area contributed by atoms with Gasteiger partial charge in [0.15, 0.2) is 0 Å². The van der Waals surface area contributed by atoms with Gasteiger partial charge in [-0.05, 0) is 44.7 Å². The molecule has 1 aromatic carbocycles. The van der Waals surface area contributed by atoms with Crippen molar-refractivity contribution in [3.05, 3.63) is 29.3 Å². The van der Waals surface area contributed by atoms with Crippen LogP contribution in [0.4, 0.5) is 10.5 Å². The molecule has 0 spiro atoms. The fraction of sp³-hybridized carbons (Fsp3) is 0.529. The van der Waals surface area contributed by atoms with E-state index in [-0.39, 0.29) is 18.0 Å². The molecule has 1 N–H and O–H groups in total. The lowest BCUT2D eigenvalue weighted by molar-refractivity contribution is 0.0533. The highest BCUT2D eigenvalue weighted by molar-refractivity contribution is 5.98. The number of carbonyl (C=O) groups excluding carboxylic acids is 2. The highest BCUT2D eigenvalue weighted by Crippen LogP contribution is 2.24.